The topological polar surface area (TPSA) is 17.1 Å². The van der Waals surface area contributed by atoms with Crippen molar-refractivity contribution in [2.75, 3.05) is 0 Å². The van der Waals surface area contributed by atoms with Gasteiger partial charge in [-0.25, -0.2) is 0 Å². The third kappa shape index (κ3) is 2.38. The van der Waals surface area contributed by atoms with Gasteiger partial charge in [-0.1, -0.05) is 24.6 Å². The molecule has 1 nitrogen and oxygen atoms in total. The van der Waals surface area contributed by atoms with Gasteiger partial charge in [0, 0.05) is 6.42 Å². The van der Waals surface area contributed by atoms with E-state index in [1.54, 1.807) is 0 Å². The van der Waals surface area contributed by atoms with E-state index in [2.05, 4.69) is 20.4 Å². The van der Waals surface area contributed by atoms with E-state index in [-0.39, 0.29) is 0 Å². The molecule has 1 saturated carbocycles. The number of hydrogen-bond acceptors (Lipinski definition) is 1. The van der Waals surface area contributed by atoms with E-state index in [0.717, 1.165) is 24.3 Å². The number of hydrogen-bond donors (Lipinski definition) is 0. The quantitative estimate of drug-likeness (QED) is 0.616. The summed E-state index contributed by atoms with van der Waals surface area (Å²) in [6.45, 7) is 10.6. The van der Waals surface area contributed by atoms with Crippen LogP contribution in [0.15, 0.2) is 23.3 Å². The van der Waals surface area contributed by atoms with E-state index in [4.69, 9.17) is 0 Å². The van der Waals surface area contributed by atoms with Gasteiger partial charge in [-0.05, 0) is 62.9 Å². The van der Waals surface area contributed by atoms with Crippen LogP contribution >= 0.6 is 0 Å². The summed E-state index contributed by atoms with van der Waals surface area (Å²) in [6, 6.07) is 0. The minimum Gasteiger partial charge on any atom is -0.295 e. The van der Waals surface area contributed by atoms with E-state index >= 15 is 0 Å². The Labute approximate surface area is 105 Å². The minimum atomic E-state index is 0.380. The lowest BCUT2D eigenvalue weighted by molar-refractivity contribution is -0.116. The Hall–Kier alpha value is -0.850. The number of carbonyl (C=O) groups excluding carboxylic acids is 1. The van der Waals surface area contributed by atoms with Crippen LogP contribution in [0.2, 0.25) is 0 Å². The zero-order valence-corrected chi connectivity index (χ0v) is 11.4. The third-order valence-corrected chi connectivity index (χ3v) is 4.86. The van der Waals surface area contributed by atoms with Crippen molar-refractivity contribution in [2.24, 2.45) is 17.8 Å². The zero-order valence-electron chi connectivity index (χ0n) is 11.4. The molecule has 17 heavy (non-hydrogen) atoms. The first-order valence-corrected chi connectivity index (χ1v) is 6.89. The van der Waals surface area contributed by atoms with Crippen LogP contribution in [0, 0.1) is 17.8 Å². The number of Topliss-reactive ketones (excluding diaryl/α,β-unsaturated/α-hetero) is 1. The molecule has 2 rings (SSSR count). The molecule has 0 N–H and O–H groups in total. The molecule has 2 aliphatic carbocycles. The second kappa shape index (κ2) is 4.80. The molecule has 0 amide bonds. The van der Waals surface area contributed by atoms with Crippen molar-refractivity contribution in [3.05, 3.63) is 23.3 Å². The molecule has 0 unspecified atom stereocenters. The van der Waals surface area contributed by atoms with Crippen LogP contribution < -0.4 is 0 Å². The first-order chi connectivity index (χ1) is 8.00. The standard InChI is InChI=1S/C16H24O/c1-10(2)13-6-8-16(17)12(4)14-7-5-11(3)15(14)9-13/h11,13,15H,1,5-9H2,2-4H3/b14-12-/t11-,13+,15-/m0/s1. The molecule has 0 aromatic carbocycles. The fraction of sp³-hybridized carbons (Fsp3) is 0.688. The Bertz CT molecular complexity index is 375. The molecule has 0 aromatic rings. The molecule has 0 bridgehead atoms. The molecule has 2 aliphatic rings. The molecule has 0 aliphatic heterocycles. The van der Waals surface area contributed by atoms with Crippen molar-refractivity contribution in [1.82, 2.24) is 0 Å². The molecular weight excluding hydrogens is 208 g/mol. The van der Waals surface area contributed by atoms with E-state index in [0.29, 0.717) is 24.0 Å². The summed E-state index contributed by atoms with van der Waals surface area (Å²) in [7, 11) is 0. The van der Waals surface area contributed by atoms with Crippen LogP contribution in [0.5, 0.6) is 0 Å². The zero-order chi connectivity index (χ0) is 12.6. The molecule has 94 valence electrons. The SMILES string of the molecule is C=C(C)[C@@H]1CCC(=O)/C(C)=C2/CC[C@H](C)[C@@H]2C1. The summed E-state index contributed by atoms with van der Waals surface area (Å²) < 4.78 is 0. The Balaban J connectivity index is 2.33. The first kappa shape index (κ1) is 12.6. The molecule has 0 saturated heterocycles. The normalized spacial score (nSPS) is 38.5. The monoisotopic (exact) mass is 232 g/mol. The van der Waals surface area contributed by atoms with Gasteiger partial charge in [-0.2, -0.15) is 0 Å². The molecule has 0 radical (unpaired) electrons. The Morgan fingerprint density at radius 2 is 2.00 bits per heavy atom. The van der Waals surface area contributed by atoms with Gasteiger partial charge < -0.3 is 0 Å². The summed E-state index contributed by atoms with van der Waals surface area (Å²) in [5.74, 6) is 2.31. The van der Waals surface area contributed by atoms with Crippen LogP contribution in [-0.4, -0.2) is 5.78 Å². The molecule has 1 heteroatoms. The van der Waals surface area contributed by atoms with Crippen LogP contribution in [0.1, 0.15) is 52.9 Å². The second-order valence-corrected chi connectivity index (χ2v) is 6.01. The lowest BCUT2D eigenvalue weighted by atomic mass is 9.77. The fourth-order valence-electron chi connectivity index (χ4n) is 3.50. The molecule has 3 atom stereocenters. The summed E-state index contributed by atoms with van der Waals surface area (Å²) in [4.78, 5) is 12.1. The van der Waals surface area contributed by atoms with Crippen molar-refractivity contribution < 1.29 is 4.79 Å². The average Bonchev–Trinajstić information content (AvgIpc) is 2.62. The van der Waals surface area contributed by atoms with Crippen molar-refractivity contribution >= 4 is 5.78 Å². The maximum atomic E-state index is 12.1. The summed E-state index contributed by atoms with van der Waals surface area (Å²) in [6.07, 6.45) is 5.34. The fourth-order valence-corrected chi connectivity index (χ4v) is 3.50. The van der Waals surface area contributed by atoms with Crippen molar-refractivity contribution in [3.8, 4) is 0 Å². The number of carbonyl (C=O) groups is 1. The second-order valence-electron chi connectivity index (χ2n) is 6.01. The van der Waals surface area contributed by atoms with Crippen molar-refractivity contribution in [2.45, 2.75) is 52.9 Å². The van der Waals surface area contributed by atoms with Gasteiger partial charge in [-0.15, -0.1) is 0 Å². The highest BCUT2D eigenvalue weighted by atomic mass is 16.1. The molecule has 0 aromatic heterocycles. The summed E-state index contributed by atoms with van der Waals surface area (Å²) in [5.41, 5.74) is 3.81. The number of fused-ring (bicyclic) bond motifs is 1. The highest BCUT2D eigenvalue weighted by Crippen LogP contribution is 2.45. The lowest BCUT2D eigenvalue weighted by Gasteiger charge is -2.28. The highest BCUT2D eigenvalue weighted by molar-refractivity contribution is 5.95. The Morgan fingerprint density at radius 1 is 1.29 bits per heavy atom. The van der Waals surface area contributed by atoms with Crippen molar-refractivity contribution in [1.29, 1.82) is 0 Å². The maximum absolute atomic E-state index is 12.1. The Morgan fingerprint density at radius 3 is 2.65 bits per heavy atom. The smallest absolute Gasteiger partial charge is 0.158 e. The lowest BCUT2D eigenvalue weighted by Crippen LogP contribution is -2.19. The number of ketones is 1. The third-order valence-electron chi connectivity index (χ3n) is 4.86. The Kier molecular flexibility index (Phi) is 3.56. The highest BCUT2D eigenvalue weighted by Gasteiger charge is 2.34. The average molecular weight is 232 g/mol. The van der Waals surface area contributed by atoms with Gasteiger partial charge in [-0.3, -0.25) is 4.79 Å². The molecular formula is C16H24O. The van der Waals surface area contributed by atoms with E-state index in [1.165, 1.54) is 24.0 Å². The van der Waals surface area contributed by atoms with Crippen LogP contribution in [0.3, 0.4) is 0 Å². The van der Waals surface area contributed by atoms with Gasteiger partial charge in [0.1, 0.15) is 0 Å². The predicted octanol–water partition coefficient (Wildman–Crippen LogP) is 4.29. The first-order valence-electron chi connectivity index (χ1n) is 6.89. The van der Waals surface area contributed by atoms with Gasteiger partial charge in [0.15, 0.2) is 5.78 Å². The molecule has 1 fully saturated rings. The van der Waals surface area contributed by atoms with Crippen molar-refractivity contribution in [3.63, 3.8) is 0 Å². The van der Waals surface area contributed by atoms with Crippen LogP contribution in [0.25, 0.3) is 0 Å². The van der Waals surface area contributed by atoms with Gasteiger partial charge in [0.2, 0.25) is 0 Å². The summed E-state index contributed by atoms with van der Waals surface area (Å²) in [5, 5.41) is 0. The minimum absolute atomic E-state index is 0.380. The van der Waals surface area contributed by atoms with Gasteiger partial charge in [0.25, 0.3) is 0 Å². The summed E-state index contributed by atoms with van der Waals surface area (Å²) >= 11 is 0. The molecule has 0 heterocycles. The molecule has 0 spiro atoms. The van der Waals surface area contributed by atoms with E-state index in [1.807, 2.05) is 6.92 Å². The van der Waals surface area contributed by atoms with Crippen LogP contribution in [0.4, 0.5) is 0 Å². The van der Waals surface area contributed by atoms with Gasteiger partial charge in [0.05, 0.1) is 0 Å². The number of rotatable bonds is 1. The van der Waals surface area contributed by atoms with Gasteiger partial charge >= 0.3 is 0 Å². The van der Waals surface area contributed by atoms with Crippen LogP contribution in [-0.2, 0) is 4.79 Å². The van der Waals surface area contributed by atoms with E-state index in [9.17, 15) is 4.79 Å². The number of allylic oxidation sites excluding steroid dienone is 3. The predicted molar refractivity (Wildman–Crippen MR) is 71.8 cm³/mol. The largest absolute Gasteiger partial charge is 0.295 e. The maximum Gasteiger partial charge on any atom is 0.158 e. The van der Waals surface area contributed by atoms with E-state index < -0.39 is 0 Å².